The fourth-order valence-electron chi connectivity index (χ4n) is 3.00. The number of nitrogens with zero attached hydrogens (tertiary/aromatic N) is 1. The SMILES string of the molecule is CC(C)c1ccc2c(c1Br)c(C(C)C)c(C(C)C)n2[Si]. The molecule has 0 fully saturated rings. The summed E-state index contributed by atoms with van der Waals surface area (Å²) in [4.78, 5) is 0. The quantitative estimate of drug-likeness (QED) is 0.626. The van der Waals surface area contributed by atoms with Crippen molar-refractivity contribution in [2.45, 2.75) is 59.3 Å². The molecule has 107 valence electrons. The molecule has 0 atom stereocenters. The van der Waals surface area contributed by atoms with Crippen LogP contribution in [0.3, 0.4) is 0 Å². The Morgan fingerprint density at radius 3 is 2.00 bits per heavy atom. The lowest BCUT2D eigenvalue weighted by molar-refractivity contribution is 0.767. The molecule has 0 unspecified atom stereocenters. The lowest BCUT2D eigenvalue weighted by Crippen LogP contribution is -2.04. The molecule has 3 heteroatoms. The molecule has 0 spiro atoms. The van der Waals surface area contributed by atoms with Crippen molar-refractivity contribution in [3.63, 3.8) is 0 Å². The van der Waals surface area contributed by atoms with E-state index in [2.05, 4.69) is 84.2 Å². The molecule has 1 aromatic heterocycles. The van der Waals surface area contributed by atoms with Crippen LogP contribution >= 0.6 is 15.9 Å². The summed E-state index contributed by atoms with van der Waals surface area (Å²) in [5, 5.41) is 1.37. The van der Waals surface area contributed by atoms with Crippen LogP contribution in [-0.2, 0) is 0 Å². The van der Waals surface area contributed by atoms with E-state index in [0.717, 1.165) is 0 Å². The number of rotatable bonds is 3. The van der Waals surface area contributed by atoms with Crippen molar-refractivity contribution in [1.82, 2.24) is 4.23 Å². The van der Waals surface area contributed by atoms with E-state index in [4.69, 9.17) is 0 Å². The molecular weight excluding hydrogens is 326 g/mol. The first-order chi connectivity index (χ1) is 9.27. The van der Waals surface area contributed by atoms with Gasteiger partial charge in [-0.15, -0.1) is 0 Å². The average molecular weight is 349 g/mol. The van der Waals surface area contributed by atoms with Crippen molar-refractivity contribution >= 4 is 37.2 Å². The molecular formula is C17H23BrNSi. The van der Waals surface area contributed by atoms with E-state index in [-0.39, 0.29) is 0 Å². The fourth-order valence-corrected chi connectivity index (χ4v) is 4.57. The summed E-state index contributed by atoms with van der Waals surface area (Å²) in [7, 11) is 3.82. The van der Waals surface area contributed by atoms with Crippen LogP contribution in [0, 0.1) is 0 Å². The van der Waals surface area contributed by atoms with E-state index in [0.29, 0.717) is 17.8 Å². The average Bonchev–Trinajstić information content (AvgIpc) is 2.64. The molecule has 1 heterocycles. The Labute approximate surface area is 134 Å². The van der Waals surface area contributed by atoms with Crippen molar-refractivity contribution < 1.29 is 0 Å². The van der Waals surface area contributed by atoms with Crippen LogP contribution in [0.1, 0.15) is 76.1 Å². The van der Waals surface area contributed by atoms with Gasteiger partial charge in [-0.25, -0.2) is 0 Å². The van der Waals surface area contributed by atoms with Gasteiger partial charge in [0.1, 0.15) is 0 Å². The van der Waals surface area contributed by atoms with E-state index in [9.17, 15) is 0 Å². The molecule has 3 radical (unpaired) electrons. The molecule has 0 saturated heterocycles. The van der Waals surface area contributed by atoms with Crippen LogP contribution in [0.2, 0.25) is 0 Å². The van der Waals surface area contributed by atoms with Gasteiger partial charge in [0.05, 0.1) is 0 Å². The predicted molar refractivity (Wildman–Crippen MR) is 93.1 cm³/mol. The Morgan fingerprint density at radius 2 is 1.55 bits per heavy atom. The van der Waals surface area contributed by atoms with Gasteiger partial charge in [0.2, 0.25) is 0 Å². The standard InChI is InChI=1S/C17H23BrNSi/c1-9(2)12-7-8-13-15(16(12)18)14(10(3)4)17(11(5)6)19(13)20/h7-11H,1-6H3. The van der Waals surface area contributed by atoms with Gasteiger partial charge in [0.25, 0.3) is 0 Å². The van der Waals surface area contributed by atoms with Crippen LogP contribution in [0.25, 0.3) is 10.9 Å². The highest BCUT2D eigenvalue weighted by Gasteiger charge is 2.22. The molecule has 2 aromatic rings. The third kappa shape index (κ3) is 2.39. The topological polar surface area (TPSA) is 4.93 Å². The summed E-state index contributed by atoms with van der Waals surface area (Å²) in [5.41, 5.74) is 5.48. The predicted octanol–water partition coefficient (Wildman–Crippen LogP) is 5.71. The maximum absolute atomic E-state index is 3.86. The summed E-state index contributed by atoms with van der Waals surface area (Å²) < 4.78 is 3.44. The van der Waals surface area contributed by atoms with Gasteiger partial charge >= 0.3 is 0 Å². The highest BCUT2D eigenvalue weighted by Crippen LogP contribution is 2.41. The smallest absolute Gasteiger partial charge is 0.195 e. The summed E-state index contributed by atoms with van der Waals surface area (Å²) in [6.45, 7) is 13.6. The van der Waals surface area contributed by atoms with Gasteiger partial charge in [-0.3, -0.25) is 0 Å². The second kappa shape index (κ2) is 5.68. The lowest BCUT2D eigenvalue weighted by Gasteiger charge is -2.14. The van der Waals surface area contributed by atoms with Crippen LogP contribution in [-0.4, -0.2) is 14.6 Å². The molecule has 0 N–H and O–H groups in total. The van der Waals surface area contributed by atoms with Gasteiger partial charge in [-0.2, -0.15) is 0 Å². The Kier molecular flexibility index (Phi) is 4.50. The molecule has 2 rings (SSSR count). The molecule has 0 amide bonds. The minimum absolute atomic E-state index is 0.492. The van der Waals surface area contributed by atoms with Crippen LogP contribution in [0.15, 0.2) is 16.6 Å². The summed E-state index contributed by atoms with van der Waals surface area (Å²) >= 11 is 3.86. The zero-order valence-electron chi connectivity index (χ0n) is 13.2. The number of aromatic nitrogens is 1. The molecule has 0 saturated carbocycles. The van der Waals surface area contributed by atoms with Gasteiger partial charge < -0.3 is 4.23 Å². The van der Waals surface area contributed by atoms with Crippen molar-refractivity contribution in [1.29, 1.82) is 0 Å². The molecule has 1 aromatic carbocycles. The van der Waals surface area contributed by atoms with Gasteiger partial charge in [-0.05, 0) is 50.9 Å². The van der Waals surface area contributed by atoms with Crippen LogP contribution in [0.4, 0.5) is 0 Å². The molecule has 1 nitrogen and oxygen atoms in total. The van der Waals surface area contributed by atoms with Crippen molar-refractivity contribution in [2.24, 2.45) is 0 Å². The first kappa shape index (κ1) is 15.8. The fraction of sp³-hybridized carbons (Fsp3) is 0.529. The maximum Gasteiger partial charge on any atom is 0.195 e. The third-order valence-corrected chi connectivity index (χ3v) is 5.26. The van der Waals surface area contributed by atoms with Crippen LogP contribution < -0.4 is 0 Å². The first-order valence-electron chi connectivity index (χ1n) is 7.35. The van der Waals surface area contributed by atoms with Crippen LogP contribution in [0.5, 0.6) is 0 Å². The largest absolute Gasteiger partial charge is 0.373 e. The number of fused-ring (bicyclic) bond motifs is 1. The second-order valence-electron chi connectivity index (χ2n) is 6.46. The molecule has 0 aliphatic heterocycles. The Morgan fingerprint density at radius 1 is 0.950 bits per heavy atom. The molecule has 0 aliphatic carbocycles. The minimum atomic E-state index is 0.492. The second-order valence-corrected chi connectivity index (χ2v) is 7.70. The highest BCUT2D eigenvalue weighted by atomic mass is 79.9. The zero-order chi connectivity index (χ0) is 15.2. The maximum atomic E-state index is 3.86. The highest BCUT2D eigenvalue weighted by molar-refractivity contribution is 9.10. The number of halogens is 1. The van der Waals surface area contributed by atoms with Crippen molar-refractivity contribution in [2.75, 3.05) is 0 Å². The van der Waals surface area contributed by atoms with E-state index < -0.39 is 0 Å². The van der Waals surface area contributed by atoms with E-state index in [1.807, 2.05) is 0 Å². The third-order valence-electron chi connectivity index (χ3n) is 3.92. The first-order valence-corrected chi connectivity index (χ1v) is 8.59. The molecule has 20 heavy (non-hydrogen) atoms. The van der Waals surface area contributed by atoms with E-state index in [1.54, 1.807) is 0 Å². The van der Waals surface area contributed by atoms with E-state index >= 15 is 0 Å². The minimum Gasteiger partial charge on any atom is -0.373 e. The van der Waals surface area contributed by atoms with Gasteiger partial charge in [-0.1, -0.05) is 47.6 Å². The zero-order valence-corrected chi connectivity index (χ0v) is 15.8. The summed E-state index contributed by atoms with van der Waals surface area (Å²) in [5.74, 6) is 1.52. The Balaban J connectivity index is 2.94. The summed E-state index contributed by atoms with van der Waals surface area (Å²) in [6.07, 6.45) is 0. The summed E-state index contributed by atoms with van der Waals surface area (Å²) in [6, 6.07) is 4.47. The Hall–Kier alpha value is -0.543. The normalized spacial score (nSPS) is 12.3. The van der Waals surface area contributed by atoms with Crippen molar-refractivity contribution in [3.8, 4) is 0 Å². The molecule has 0 bridgehead atoms. The number of hydrogen-bond acceptors (Lipinski definition) is 0. The van der Waals surface area contributed by atoms with Gasteiger partial charge in [0.15, 0.2) is 10.4 Å². The van der Waals surface area contributed by atoms with Gasteiger partial charge in [0, 0.05) is 21.1 Å². The monoisotopic (exact) mass is 348 g/mol. The molecule has 0 aliphatic rings. The van der Waals surface area contributed by atoms with Crippen molar-refractivity contribution in [3.05, 3.63) is 33.4 Å². The Bertz CT molecular complexity index is 638. The number of benzene rings is 1. The number of hydrogen-bond donors (Lipinski definition) is 0. The lowest BCUT2D eigenvalue weighted by atomic mass is 9.93. The van der Waals surface area contributed by atoms with E-state index in [1.165, 1.54) is 32.2 Å².